The minimum absolute atomic E-state index is 0.369. The molecular weight excluding hydrogens is 170 g/mol. The van der Waals surface area contributed by atoms with Crippen molar-refractivity contribution in [2.45, 2.75) is 33.6 Å². The van der Waals surface area contributed by atoms with Crippen LogP contribution >= 0.6 is 0 Å². The fraction of sp³-hybridized carbons (Fsp3) is 0.462. The van der Waals surface area contributed by atoms with Crippen molar-refractivity contribution < 1.29 is 0 Å². The Bertz CT molecular complexity index is 369. The highest BCUT2D eigenvalue weighted by atomic mass is 14.7. The second kappa shape index (κ2) is 3.23. The molecule has 0 aliphatic carbocycles. The van der Waals surface area contributed by atoms with Crippen molar-refractivity contribution in [3.8, 4) is 0 Å². The van der Waals surface area contributed by atoms with Gasteiger partial charge in [0.05, 0.1) is 5.69 Å². The van der Waals surface area contributed by atoms with Crippen molar-refractivity contribution in [3.63, 3.8) is 0 Å². The zero-order chi connectivity index (χ0) is 10.2. The van der Waals surface area contributed by atoms with E-state index in [2.05, 4.69) is 44.0 Å². The molecule has 1 aromatic rings. The van der Waals surface area contributed by atoms with E-state index in [4.69, 9.17) is 0 Å². The first-order valence-corrected chi connectivity index (χ1v) is 5.19. The Morgan fingerprint density at radius 3 is 2.79 bits per heavy atom. The Morgan fingerprint density at radius 1 is 1.29 bits per heavy atom. The molecule has 0 radical (unpaired) electrons. The van der Waals surface area contributed by atoms with E-state index >= 15 is 0 Å². The average Bonchev–Trinajstić information content (AvgIpc) is 2.47. The monoisotopic (exact) mass is 187 g/mol. The lowest BCUT2D eigenvalue weighted by Gasteiger charge is -2.18. The van der Waals surface area contributed by atoms with Gasteiger partial charge >= 0.3 is 0 Å². The molecular formula is C13H17N. The van der Waals surface area contributed by atoms with Crippen LogP contribution in [0.15, 0.2) is 23.2 Å². The molecule has 0 unspecified atom stereocenters. The molecule has 2 rings (SSSR count). The van der Waals surface area contributed by atoms with Crippen LogP contribution in [0, 0.1) is 5.41 Å². The van der Waals surface area contributed by atoms with Gasteiger partial charge in [-0.2, -0.15) is 0 Å². The molecule has 1 aliphatic heterocycles. The highest BCUT2D eigenvalue weighted by molar-refractivity contribution is 5.75. The zero-order valence-corrected chi connectivity index (χ0v) is 9.17. The molecule has 14 heavy (non-hydrogen) atoms. The van der Waals surface area contributed by atoms with E-state index in [1.165, 1.54) is 11.1 Å². The number of aliphatic imine (C=N–C) groups is 1. The Morgan fingerprint density at radius 2 is 2.07 bits per heavy atom. The van der Waals surface area contributed by atoms with Crippen molar-refractivity contribution in [1.82, 2.24) is 0 Å². The van der Waals surface area contributed by atoms with Crippen LogP contribution in [0.25, 0.3) is 0 Å². The molecule has 1 nitrogen and oxygen atoms in total. The minimum atomic E-state index is 0.369. The Hall–Kier alpha value is -1.11. The van der Waals surface area contributed by atoms with Crippen LogP contribution in [0.5, 0.6) is 0 Å². The Labute approximate surface area is 85.9 Å². The third-order valence-electron chi connectivity index (χ3n) is 2.42. The molecule has 1 heterocycles. The van der Waals surface area contributed by atoms with Crippen molar-refractivity contribution in [2.24, 2.45) is 10.4 Å². The standard InChI is InChI=1S/C13H17N/c1-13(2,3)9-10-4-5-12-11(8-10)6-7-14-12/h4-5,7-8H,6,9H2,1-3H3. The van der Waals surface area contributed by atoms with Gasteiger partial charge in [-0.25, -0.2) is 0 Å². The molecule has 0 saturated carbocycles. The predicted molar refractivity (Wildman–Crippen MR) is 61.5 cm³/mol. The lowest BCUT2D eigenvalue weighted by Crippen LogP contribution is -2.09. The molecule has 0 atom stereocenters. The maximum absolute atomic E-state index is 4.31. The zero-order valence-electron chi connectivity index (χ0n) is 9.17. The van der Waals surface area contributed by atoms with Crippen LogP contribution in [0.3, 0.4) is 0 Å². The van der Waals surface area contributed by atoms with Crippen LogP contribution < -0.4 is 0 Å². The number of hydrogen-bond acceptors (Lipinski definition) is 1. The molecule has 0 spiro atoms. The second-order valence-corrected chi connectivity index (χ2v) is 5.22. The number of benzene rings is 1. The molecule has 0 N–H and O–H groups in total. The molecule has 1 aromatic carbocycles. The largest absolute Gasteiger partial charge is 0.261 e. The van der Waals surface area contributed by atoms with E-state index in [-0.39, 0.29) is 0 Å². The third kappa shape index (κ3) is 2.03. The highest BCUT2D eigenvalue weighted by Gasteiger charge is 2.13. The van der Waals surface area contributed by atoms with Crippen LogP contribution in [-0.2, 0) is 12.8 Å². The first-order valence-electron chi connectivity index (χ1n) is 5.19. The summed E-state index contributed by atoms with van der Waals surface area (Å²) in [6, 6.07) is 6.64. The number of rotatable bonds is 1. The summed E-state index contributed by atoms with van der Waals surface area (Å²) in [7, 11) is 0. The van der Waals surface area contributed by atoms with E-state index in [0.29, 0.717) is 5.41 Å². The van der Waals surface area contributed by atoms with Gasteiger partial charge in [0.25, 0.3) is 0 Å². The summed E-state index contributed by atoms with van der Waals surface area (Å²) in [5.41, 5.74) is 4.34. The van der Waals surface area contributed by atoms with Crippen LogP contribution in [-0.4, -0.2) is 6.21 Å². The van der Waals surface area contributed by atoms with Gasteiger partial charge in [-0.1, -0.05) is 32.9 Å². The quantitative estimate of drug-likeness (QED) is 0.637. The Balaban J connectivity index is 2.23. The van der Waals surface area contributed by atoms with Crippen molar-refractivity contribution in [2.75, 3.05) is 0 Å². The molecule has 0 fully saturated rings. The van der Waals surface area contributed by atoms with Gasteiger partial charge in [0.2, 0.25) is 0 Å². The van der Waals surface area contributed by atoms with Crippen LogP contribution in [0.2, 0.25) is 0 Å². The highest BCUT2D eigenvalue weighted by Crippen LogP contribution is 2.28. The van der Waals surface area contributed by atoms with Crippen LogP contribution in [0.4, 0.5) is 5.69 Å². The fourth-order valence-electron chi connectivity index (χ4n) is 1.89. The summed E-state index contributed by atoms with van der Waals surface area (Å²) in [4.78, 5) is 4.31. The average molecular weight is 187 g/mol. The molecule has 74 valence electrons. The smallest absolute Gasteiger partial charge is 0.0661 e. The second-order valence-electron chi connectivity index (χ2n) is 5.22. The van der Waals surface area contributed by atoms with Crippen LogP contribution in [0.1, 0.15) is 31.9 Å². The van der Waals surface area contributed by atoms with Crippen molar-refractivity contribution in [1.29, 1.82) is 0 Å². The molecule has 1 aliphatic rings. The molecule has 1 heteroatoms. The summed E-state index contributed by atoms with van der Waals surface area (Å²) < 4.78 is 0. The number of hydrogen-bond donors (Lipinski definition) is 0. The molecule has 0 bridgehead atoms. The summed E-state index contributed by atoms with van der Waals surface area (Å²) in [6.45, 7) is 6.82. The maximum Gasteiger partial charge on any atom is 0.0661 e. The molecule has 0 saturated heterocycles. The van der Waals surface area contributed by atoms with Gasteiger partial charge in [-0.05, 0) is 29.0 Å². The van der Waals surface area contributed by atoms with E-state index in [1.54, 1.807) is 0 Å². The lowest BCUT2D eigenvalue weighted by molar-refractivity contribution is 0.411. The van der Waals surface area contributed by atoms with Gasteiger partial charge < -0.3 is 0 Å². The summed E-state index contributed by atoms with van der Waals surface area (Å²) >= 11 is 0. The predicted octanol–water partition coefficient (Wildman–Crippen LogP) is 3.53. The van der Waals surface area contributed by atoms with E-state index in [9.17, 15) is 0 Å². The summed E-state index contributed by atoms with van der Waals surface area (Å²) in [5.74, 6) is 0. The summed E-state index contributed by atoms with van der Waals surface area (Å²) in [6.07, 6.45) is 4.14. The van der Waals surface area contributed by atoms with Gasteiger partial charge in [0.1, 0.15) is 0 Å². The first-order chi connectivity index (χ1) is 6.54. The topological polar surface area (TPSA) is 12.4 Å². The number of nitrogens with zero attached hydrogens (tertiary/aromatic N) is 1. The van der Waals surface area contributed by atoms with Gasteiger partial charge in [-0.3, -0.25) is 4.99 Å². The van der Waals surface area contributed by atoms with E-state index in [0.717, 1.165) is 18.5 Å². The SMILES string of the molecule is CC(C)(C)Cc1ccc2c(c1)CC=N2. The molecule has 0 aromatic heterocycles. The Kier molecular flexibility index (Phi) is 2.18. The third-order valence-corrected chi connectivity index (χ3v) is 2.42. The minimum Gasteiger partial charge on any atom is -0.261 e. The van der Waals surface area contributed by atoms with E-state index < -0.39 is 0 Å². The number of fused-ring (bicyclic) bond motifs is 1. The maximum atomic E-state index is 4.31. The van der Waals surface area contributed by atoms with Crippen molar-refractivity contribution in [3.05, 3.63) is 29.3 Å². The summed E-state index contributed by atoms with van der Waals surface area (Å²) in [5, 5.41) is 0. The molecule has 0 amide bonds. The van der Waals surface area contributed by atoms with Gasteiger partial charge in [0, 0.05) is 12.6 Å². The van der Waals surface area contributed by atoms with Gasteiger partial charge in [-0.15, -0.1) is 0 Å². The lowest BCUT2D eigenvalue weighted by atomic mass is 9.87. The van der Waals surface area contributed by atoms with E-state index in [1.807, 2.05) is 6.21 Å². The normalized spacial score (nSPS) is 14.5. The van der Waals surface area contributed by atoms with Crippen molar-refractivity contribution >= 4 is 11.9 Å². The van der Waals surface area contributed by atoms with Gasteiger partial charge in [0.15, 0.2) is 0 Å². The fourth-order valence-corrected chi connectivity index (χ4v) is 1.89. The first kappa shape index (κ1) is 9.45.